The number of halogens is 4. The van der Waals surface area contributed by atoms with Crippen molar-refractivity contribution in [1.29, 1.82) is 0 Å². The van der Waals surface area contributed by atoms with Gasteiger partial charge in [0.15, 0.2) is 11.0 Å². The molecule has 0 radical (unpaired) electrons. The fraction of sp³-hybridized carbons (Fsp3) is 0.188. The number of nitrogen functional groups attached to an aromatic ring is 1. The van der Waals surface area contributed by atoms with E-state index in [2.05, 4.69) is 20.1 Å². The summed E-state index contributed by atoms with van der Waals surface area (Å²) in [5, 5.41) is 4.47. The van der Waals surface area contributed by atoms with E-state index in [1.807, 2.05) is 0 Å². The lowest BCUT2D eigenvalue weighted by atomic mass is 10.1. The third kappa shape index (κ3) is 5.67. The van der Waals surface area contributed by atoms with Gasteiger partial charge in [0.25, 0.3) is 0 Å². The van der Waals surface area contributed by atoms with E-state index in [-0.39, 0.29) is 17.5 Å². The van der Waals surface area contributed by atoms with Crippen molar-refractivity contribution >= 4 is 35.1 Å². The third-order valence-corrected chi connectivity index (χ3v) is 4.40. The average Bonchev–Trinajstić information content (AvgIpc) is 3.01. The van der Waals surface area contributed by atoms with E-state index < -0.39 is 18.4 Å². The number of alkyl halides is 3. The first-order valence-electron chi connectivity index (χ1n) is 7.75. The molecular weight excluding hydrogens is 417 g/mol. The molecule has 7 nitrogen and oxygen atoms in total. The molecule has 12 heteroatoms. The molecule has 3 aromatic rings. The zero-order valence-corrected chi connectivity index (χ0v) is 15.6. The Morgan fingerprint density at radius 1 is 1.21 bits per heavy atom. The van der Waals surface area contributed by atoms with Crippen LogP contribution in [0.3, 0.4) is 0 Å². The van der Waals surface area contributed by atoms with Crippen LogP contribution in [0.2, 0.25) is 5.15 Å². The lowest BCUT2D eigenvalue weighted by Crippen LogP contribution is -2.16. The third-order valence-electron chi connectivity index (χ3n) is 3.34. The van der Waals surface area contributed by atoms with Crippen LogP contribution < -0.4 is 5.73 Å². The lowest BCUT2D eigenvalue weighted by Gasteiger charge is -2.07. The minimum absolute atomic E-state index is 0.0830. The summed E-state index contributed by atoms with van der Waals surface area (Å²) in [6.07, 6.45) is -4.83. The summed E-state index contributed by atoms with van der Waals surface area (Å²) in [5.41, 5.74) is 5.98. The van der Waals surface area contributed by atoms with Crippen molar-refractivity contribution in [2.75, 3.05) is 5.73 Å². The largest absolute Gasteiger partial charge is 0.395 e. The van der Waals surface area contributed by atoms with E-state index >= 15 is 0 Å². The highest BCUT2D eigenvalue weighted by Crippen LogP contribution is 2.27. The van der Waals surface area contributed by atoms with Crippen LogP contribution in [0, 0.1) is 0 Å². The molecule has 0 aliphatic rings. The monoisotopic (exact) mass is 428 g/mol. The van der Waals surface area contributed by atoms with Gasteiger partial charge < -0.3 is 5.73 Å². The summed E-state index contributed by atoms with van der Waals surface area (Å²) in [6, 6.07) is 7.99. The molecular formula is C16H12ClF3N6OS. The number of Topliss-reactive ketones (excluding diaryl/α,β-unsaturated/α-hetero) is 1. The Labute approximate surface area is 166 Å². The minimum Gasteiger partial charge on any atom is -0.366 e. The van der Waals surface area contributed by atoms with Crippen molar-refractivity contribution in [3.8, 4) is 5.82 Å². The molecule has 0 saturated carbocycles. The minimum atomic E-state index is -4.50. The van der Waals surface area contributed by atoms with Gasteiger partial charge in [-0.1, -0.05) is 23.7 Å². The van der Waals surface area contributed by atoms with Gasteiger partial charge in [0, 0.05) is 17.4 Å². The van der Waals surface area contributed by atoms with Gasteiger partial charge >= 0.3 is 6.18 Å². The summed E-state index contributed by atoms with van der Waals surface area (Å²) in [5.74, 6) is -0.427. The number of nitrogens with zero attached hydrogens (tertiary/aromatic N) is 5. The maximum absolute atomic E-state index is 12.2. The second-order valence-electron chi connectivity index (χ2n) is 5.63. The molecule has 0 saturated heterocycles. The topological polar surface area (TPSA) is 99.6 Å². The predicted octanol–water partition coefficient (Wildman–Crippen LogP) is 3.51. The molecule has 0 amide bonds. The standard InChI is InChI=1S/C16H12ClF3N6OS/c17-12-6-13(26-8-22-14(21)25-26)24-15(23-12)28-11-3-1-9(2-4-11)5-10(27)7-16(18,19)20/h1-4,6,8H,5,7H2,(H2,21,25). The fourth-order valence-corrected chi connectivity index (χ4v) is 3.22. The smallest absolute Gasteiger partial charge is 0.366 e. The van der Waals surface area contributed by atoms with Gasteiger partial charge in [-0.3, -0.25) is 4.79 Å². The van der Waals surface area contributed by atoms with Gasteiger partial charge in [-0.05, 0) is 29.5 Å². The second kappa shape index (κ2) is 8.15. The lowest BCUT2D eigenvalue weighted by molar-refractivity contribution is -0.151. The van der Waals surface area contributed by atoms with Crippen LogP contribution in [0.15, 0.2) is 46.7 Å². The van der Waals surface area contributed by atoms with Crippen LogP contribution >= 0.6 is 23.4 Å². The van der Waals surface area contributed by atoms with Crippen molar-refractivity contribution in [2.24, 2.45) is 0 Å². The molecule has 0 aliphatic heterocycles. The number of anilines is 1. The van der Waals surface area contributed by atoms with Crippen LogP contribution in [-0.4, -0.2) is 36.7 Å². The molecule has 2 heterocycles. The molecule has 2 N–H and O–H groups in total. The van der Waals surface area contributed by atoms with Crippen molar-refractivity contribution < 1.29 is 18.0 Å². The quantitative estimate of drug-likeness (QED) is 0.473. The van der Waals surface area contributed by atoms with E-state index in [4.69, 9.17) is 17.3 Å². The molecule has 28 heavy (non-hydrogen) atoms. The summed E-state index contributed by atoms with van der Waals surface area (Å²) < 4.78 is 38.1. The van der Waals surface area contributed by atoms with Crippen molar-refractivity contribution in [2.45, 2.75) is 29.1 Å². The number of aromatic nitrogens is 5. The van der Waals surface area contributed by atoms with E-state index in [0.29, 0.717) is 16.5 Å². The van der Waals surface area contributed by atoms with Gasteiger partial charge in [-0.25, -0.2) is 19.6 Å². The molecule has 2 aromatic heterocycles. The molecule has 0 atom stereocenters. The van der Waals surface area contributed by atoms with Gasteiger partial charge in [-0.15, -0.1) is 5.10 Å². The van der Waals surface area contributed by atoms with Crippen molar-refractivity contribution in [3.63, 3.8) is 0 Å². The molecule has 0 spiro atoms. The number of nitrogens with two attached hydrogens (primary N) is 1. The van der Waals surface area contributed by atoms with Crippen LogP contribution in [0.25, 0.3) is 5.82 Å². The Balaban J connectivity index is 1.70. The van der Waals surface area contributed by atoms with Crippen molar-refractivity contribution in [3.05, 3.63) is 47.4 Å². The second-order valence-corrected chi connectivity index (χ2v) is 7.06. The van der Waals surface area contributed by atoms with Crippen LogP contribution in [0.5, 0.6) is 0 Å². The number of rotatable bonds is 6. The van der Waals surface area contributed by atoms with E-state index in [1.165, 1.54) is 28.8 Å². The van der Waals surface area contributed by atoms with Crippen LogP contribution in [0.4, 0.5) is 19.1 Å². The molecule has 0 bridgehead atoms. The Bertz CT molecular complexity index is 993. The van der Waals surface area contributed by atoms with Gasteiger partial charge in [0.05, 0.1) is 0 Å². The Morgan fingerprint density at radius 2 is 1.93 bits per heavy atom. The first-order valence-corrected chi connectivity index (χ1v) is 8.95. The number of benzene rings is 1. The average molecular weight is 429 g/mol. The summed E-state index contributed by atoms with van der Waals surface area (Å²) in [7, 11) is 0. The zero-order chi connectivity index (χ0) is 20.3. The normalized spacial score (nSPS) is 11.6. The molecule has 146 valence electrons. The number of hydrogen-bond donors (Lipinski definition) is 1. The highest BCUT2D eigenvalue weighted by Gasteiger charge is 2.30. The zero-order valence-electron chi connectivity index (χ0n) is 14.0. The van der Waals surface area contributed by atoms with Crippen molar-refractivity contribution in [1.82, 2.24) is 24.7 Å². The maximum Gasteiger partial charge on any atom is 0.395 e. The maximum atomic E-state index is 12.2. The number of ketones is 1. The number of hydrogen-bond acceptors (Lipinski definition) is 7. The van der Waals surface area contributed by atoms with Crippen LogP contribution in [0.1, 0.15) is 12.0 Å². The highest BCUT2D eigenvalue weighted by molar-refractivity contribution is 7.99. The molecule has 1 aromatic carbocycles. The van der Waals surface area contributed by atoms with E-state index in [0.717, 1.165) is 4.90 Å². The summed E-state index contributed by atoms with van der Waals surface area (Å²) in [6.45, 7) is 0. The Hall–Kier alpha value is -2.66. The molecule has 0 fully saturated rings. The molecule has 0 aliphatic carbocycles. The van der Waals surface area contributed by atoms with E-state index in [9.17, 15) is 18.0 Å². The fourth-order valence-electron chi connectivity index (χ4n) is 2.23. The SMILES string of the molecule is Nc1ncn(-c2cc(Cl)nc(Sc3ccc(CC(=O)CC(F)(F)F)cc3)n2)n1. The van der Waals surface area contributed by atoms with Gasteiger partial charge in [0.2, 0.25) is 5.95 Å². The van der Waals surface area contributed by atoms with Crippen LogP contribution in [-0.2, 0) is 11.2 Å². The van der Waals surface area contributed by atoms with Gasteiger partial charge in [0.1, 0.15) is 23.7 Å². The summed E-state index contributed by atoms with van der Waals surface area (Å²) >= 11 is 7.21. The first kappa shape index (κ1) is 20.1. The van der Waals surface area contributed by atoms with E-state index in [1.54, 1.807) is 24.3 Å². The Kier molecular flexibility index (Phi) is 5.84. The predicted molar refractivity (Wildman–Crippen MR) is 96.3 cm³/mol. The Morgan fingerprint density at radius 3 is 2.54 bits per heavy atom. The first-order chi connectivity index (χ1) is 13.2. The molecule has 0 unspecified atom stereocenters. The van der Waals surface area contributed by atoms with Gasteiger partial charge in [-0.2, -0.15) is 13.2 Å². The molecule has 3 rings (SSSR count). The summed E-state index contributed by atoms with van der Waals surface area (Å²) in [4.78, 5) is 24.4. The number of carbonyl (C=O) groups is 1. The number of carbonyl (C=O) groups excluding carboxylic acids is 1. The highest BCUT2D eigenvalue weighted by atomic mass is 35.5.